The number of hydrogen-bond acceptors (Lipinski definition) is 5. The van der Waals surface area contributed by atoms with Gasteiger partial charge in [-0.25, -0.2) is 4.98 Å². The molecule has 2 aromatic heterocycles. The Labute approximate surface area is 141 Å². The summed E-state index contributed by atoms with van der Waals surface area (Å²) in [5.74, 6) is 0. The van der Waals surface area contributed by atoms with Crippen LogP contribution in [-0.4, -0.2) is 50.7 Å². The number of hydrogen-bond donors (Lipinski definition) is 0. The lowest BCUT2D eigenvalue weighted by atomic mass is 9.92. The summed E-state index contributed by atoms with van der Waals surface area (Å²) < 4.78 is 1.89. The van der Waals surface area contributed by atoms with Gasteiger partial charge in [0.1, 0.15) is 5.01 Å². The van der Waals surface area contributed by atoms with Gasteiger partial charge in [-0.15, -0.1) is 11.3 Å². The Hall–Kier alpha value is -1.24. The van der Waals surface area contributed by atoms with Crippen molar-refractivity contribution in [3.8, 4) is 0 Å². The Morgan fingerprint density at radius 2 is 2.22 bits per heavy atom. The van der Waals surface area contributed by atoms with Gasteiger partial charge in [0, 0.05) is 43.0 Å². The van der Waals surface area contributed by atoms with Gasteiger partial charge < -0.3 is 0 Å². The van der Waals surface area contributed by atoms with E-state index >= 15 is 0 Å². The fourth-order valence-corrected chi connectivity index (χ4v) is 4.79. The van der Waals surface area contributed by atoms with E-state index in [-0.39, 0.29) is 0 Å². The Bertz CT molecular complexity index is 642. The van der Waals surface area contributed by atoms with Crippen LogP contribution in [0.25, 0.3) is 0 Å². The van der Waals surface area contributed by atoms with Crippen LogP contribution in [-0.2, 0) is 20.1 Å². The number of aryl methyl sites for hydroxylation is 1. The van der Waals surface area contributed by atoms with Crippen molar-refractivity contribution >= 4 is 11.3 Å². The summed E-state index contributed by atoms with van der Waals surface area (Å²) in [6.07, 6.45) is 10.1. The van der Waals surface area contributed by atoms with Crippen LogP contribution in [0.5, 0.6) is 0 Å². The maximum Gasteiger partial charge on any atom is 0.107 e. The third kappa shape index (κ3) is 3.20. The van der Waals surface area contributed by atoms with E-state index in [0.717, 1.165) is 19.1 Å². The highest BCUT2D eigenvalue weighted by Gasteiger charge is 2.56. The first kappa shape index (κ1) is 15.3. The molecular formula is C17H25N5S. The Balaban J connectivity index is 1.28. The predicted molar refractivity (Wildman–Crippen MR) is 92.1 cm³/mol. The van der Waals surface area contributed by atoms with Crippen molar-refractivity contribution in [1.29, 1.82) is 0 Å². The van der Waals surface area contributed by atoms with Crippen LogP contribution in [0.15, 0.2) is 24.0 Å². The Morgan fingerprint density at radius 1 is 1.39 bits per heavy atom. The van der Waals surface area contributed by atoms with Gasteiger partial charge in [-0.1, -0.05) is 0 Å². The predicted octanol–water partition coefficient (Wildman–Crippen LogP) is 2.36. The van der Waals surface area contributed by atoms with Crippen LogP contribution < -0.4 is 0 Å². The van der Waals surface area contributed by atoms with Crippen molar-refractivity contribution in [3.63, 3.8) is 0 Å². The van der Waals surface area contributed by atoms with Crippen LogP contribution >= 0.6 is 11.3 Å². The van der Waals surface area contributed by atoms with Gasteiger partial charge in [-0.05, 0) is 44.8 Å². The number of rotatable bonds is 5. The maximum atomic E-state index is 4.42. The quantitative estimate of drug-likeness (QED) is 0.843. The molecule has 0 bridgehead atoms. The second kappa shape index (κ2) is 6.00. The summed E-state index contributed by atoms with van der Waals surface area (Å²) >= 11 is 1.77. The van der Waals surface area contributed by atoms with Crippen molar-refractivity contribution < 1.29 is 0 Å². The first-order valence-electron chi connectivity index (χ1n) is 8.43. The second-order valence-electron chi connectivity index (χ2n) is 7.22. The van der Waals surface area contributed by atoms with Crippen LogP contribution in [0.2, 0.25) is 0 Å². The lowest BCUT2D eigenvalue weighted by molar-refractivity contribution is 0.139. The lowest BCUT2D eigenvalue weighted by Crippen LogP contribution is -2.37. The molecule has 0 radical (unpaired) electrons. The first-order chi connectivity index (χ1) is 11.1. The van der Waals surface area contributed by atoms with E-state index in [1.807, 2.05) is 24.1 Å². The smallest absolute Gasteiger partial charge is 0.107 e. The minimum absolute atomic E-state index is 0.581. The summed E-state index contributed by atoms with van der Waals surface area (Å²) in [7, 11) is 4.25. The molecule has 0 N–H and O–H groups in total. The van der Waals surface area contributed by atoms with E-state index in [0.29, 0.717) is 5.41 Å². The van der Waals surface area contributed by atoms with Crippen molar-refractivity contribution in [2.75, 3.05) is 20.1 Å². The van der Waals surface area contributed by atoms with Gasteiger partial charge >= 0.3 is 0 Å². The molecule has 1 saturated carbocycles. The molecule has 2 aliphatic rings. The molecule has 3 heterocycles. The lowest BCUT2D eigenvalue weighted by Gasteiger charge is -2.33. The van der Waals surface area contributed by atoms with E-state index in [2.05, 4.69) is 38.5 Å². The van der Waals surface area contributed by atoms with Gasteiger partial charge in [-0.3, -0.25) is 14.5 Å². The van der Waals surface area contributed by atoms with E-state index in [1.165, 1.54) is 42.9 Å². The van der Waals surface area contributed by atoms with Crippen LogP contribution in [0, 0.1) is 5.41 Å². The number of aromatic nitrogens is 3. The average Bonchev–Trinajstić information content (AvgIpc) is 2.88. The van der Waals surface area contributed by atoms with Crippen LogP contribution in [0.3, 0.4) is 0 Å². The topological polar surface area (TPSA) is 37.2 Å². The molecule has 1 unspecified atom stereocenters. The van der Waals surface area contributed by atoms with Gasteiger partial charge in [0.25, 0.3) is 0 Å². The molecule has 6 heteroatoms. The van der Waals surface area contributed by atoms with Crippen molar-refractivity contribution in [2.45, 2.75) is 38.4 Å². The fraction of sp³-hybridized carbons (Fsp3) is 0.647. The summed E-state index contributed by atoms with van der Waals surface area (Å²) in [5, 5.41) is 7.58. The fourth-order valence-electron chi connectivity index (χ4n) is 4.11. The SMILES string of the molecule is CN(Cc1nccs1)C1CC12CCN(Cc1cnn(C)c1)CC2. The molecule has 23 heavy (non-hydrogen) atoms. The van der Waals surface area contributed by atoms with E-state index in [9.17, 15) is 0 Å². The zero-order valence-electron chi connectivity index (χ0n) is 14.0. The van der Waals surface area contributed by atoms with Gasteiger partial charge in [-0.2, -0.15) is 5.10 Å². The van der Waals surface area contributed by atoms with Crippen LogP contribution in [0.1, 0.15) is 29.8 Å². The third-order valence-electron chi connectivity index (χ3n) is 5.56. The monoisotopic (exact) mass is 331 g/mol. The van der Waals surface area contributed by atoms with Crippen molar-refractivity contribution in [2.24, 2.45) is 12.5 Å². The Morgan fingerprint density at radius 3 is 2.87 bits per heavy atom. The summed E-state index contributed by atoms with van der Waals surface area (Å²) in [4.78, 5) is 9.53. The molecule has 2 fully saturated rings. The Kier molecular flexibility index (Phi) is 3.99. The number of piperidine rings is 1. The minimum Gasteiger partial charge on any atom is -0.299 e. The van der Waals surface area contributed by atoms with Crippen molar-refractivity contribution in [1.82, 2.24) is 24.6 Å². The number of thiazole rings is 1. The molecule has 0 aromatic carbocycles. The summed E-state index contributed by atoms with van der Waals surface area (Å²) in [6.45, 7) is 4.49. The molecule has 4 rings (SSSR count). The van der Waals surface area contributed by atoms with Crippen LogP contribution in [0.4, 0.5) is 0 Å². The molecule has 124 valence electrons. The molecule has 1 atom stereocenters. The normalized spacial score (nSPS) is 23.7. The highest BCUT2D eigenvalue weighted by molar-refractivity contribution is 7.09. The zero-order chi connectivity index (χ0) is 15.9. The summed E-state index contributed by atoms with van der Waals surface area (Å²) in [5.41, 5.74) is 1.91. The average molecular weight is 331 g/mol. The molecule has 1 saturated heterocycles. The largest absolute Gasteiger partial charge is 0.299 e. The molecule has 1 aliphatic heterocycles. The van der Waals surface area contributed by atoms with Gasteiger partial charge in [0.05, 0.1) is 12.7 Å². The molecule has 0 amide bonds. The first-order valence-corrected chi connectivity index (χ1v) is 9.31. The minimum atomic E-state index is 0.581. The standard InChI is InChI=1S/C17H25N5S/c1-20(13-16-18-5-8-23-16)15-9-17(15)3-6-22(7-4-17)12-14-10-19-21(2)11-14/h5,8,10-11,15H,3-4,6-7,9,12-13H2,1-2H3. The molecule has 1 aliphatic carbocycles. The molecule has 1 spiro atoms. The zero-order valence-corrected chi connectivity index (χ0v) is 14.8. The highest BCUT2D eigenvalue weighted by atomic mass is 32.1. The van der Waals surface area contributed by atoms with Gasteiger partial charge in [0.15, 0.2) is 0 Å². The molecule has 5 nitrogen and oxygen atoms in total. The van der Waals surface area contributed by atoms with Gasteiger partial charge in [0.2, 0.25) is 0 Å². The van der Waals surface area contributed by atoms with Crippen molar-refractivity contribution in [3.05, 3.63) is 34.5 Å². The van der Waals surface area contributed by atoms with E-state index in [1.54, 1.807) is 11.3 Å². The molecular weight excluding hydrogens is 306 g/mol. The van der Waals surface area contributed by atoms with E-state index < -0.39 is 0 Å². The highest BCUT2D eigenvalue weighted by Crippen LogP contribution is 2.56. The van der Waals surface area contributed by atoms with E-state index in [4.69, 9.17) is 0 Å². The third-order valence-corrected chi connectivity index (χ3v) is 6.33. The second-order valence-corrected chi connectivity index (χ2v) is 8.20. The number of nitrogens with zero attached hydrogens (tertiary/aromatic N) is 5. The molecule has 2 aromatic rings. The number of likely N-dealkylation sites (tertiary alicyclic amines) is 1. The summed E-state index contributed by atoms with van der Waals surface area (Å²) in [6, 6.07) is 0.756. The maximum absolute atomic E-state index is 4.42.